The summed E-state index contributed by atoms with van der Waals surface area (Å²) >= 11 is 0. The van der Waals surface area contributed by atoms with Gasteiger partial charge in [-0.2, -0.15) is 0 Å². The number of hydrogen-bond acceptors (Lipinski definition) is 2. The lowest BCUT2D eigenvalue weighted by molar-refractivity contribution is 0.486. The van der Waals surface area contributed by atoms with E-state index in [0.717, 1.165) is 34.7 Å². The Hall–Kier alpha value is -3.13. The maximum Gasteiger partial charge on any atom is 0.161 e. The molecule has 1 aliphatic heterocycles. The second-order valence-corrected chi connectivity index (χ2v) is 7.70. The van der Waals surface area contributed by atoms with E-state index in [-0.39, 0.29) is 0 Å². The fourth-order valence-electron chi connectivity index (χ4n) is 4.44. The van der Waals surface area contributed by atoms with Crippen molar-refractivity contribution in [1.29, 1.82) is 0 Å². The highest BCUT2D eigenvalue weighted by molar-refractivity contribution is 6.06. The van der Waals surface area contributed by atoms with Gasteiger partial charge in [-0.15, -0.1) is 0 Å². The summed E-state index contributed by atoms with van der Waals surface area (Å²) < 4.78 is 6.50. The van der Waals surface area contributed by atoms with Gasteiger partial charge in [0, 0.05) is 22.7 Å². The van der Waals surface area contributed by atoms with E-state index in [4.69, 9.17) is 9.72 Å². The molecule has 4 aromatic rings. The average molecular weight is 365 g/mol. The van der Waals surface area contributed by atoms with E-state index in [1.165, 1.54) is 38.6 Å². The van der Waals surface area contributed by atoms with Crippen LogP contribution in [0.25, 0.3) is 33.2 Å². The Morgan fingerprint density at radius 1 is 0.893 bits per heavy atom. The Bertz CT molecular complexity index is 1250. The summed E-state index contributed by atoms with van der Waals surface area (Å²) in [5.74, 6) is 1.78. The summed E-state index contributed by atoms with van der Waals surface area (Å²) in [7, 11) is 0. The van der Waals surface area contributed by atoms with Crippen LogP contribution in [0.15, 0.2) is 54.7 Å². The van der Waals surface area contributed by atoms with E-state index < -0.39 is 0 Å². The number of ether oxygens (including phenoxy) is 1. The van der Waals surface area contributed by atoms with Gasteiger partial charge in [0.25, 0.3) is 0 Å². The van der Waals surface area contributed by atoms with Crippen molar-refractivity contribution in [3.8, 4) is 33.9 Å². The van der Waals surface area contributed by atoms with Crippen LogP contribution in [0.2, 0.25) is 0 Å². The lowest BCUT2D eigenvalue weighted by Gasteiger charge is -2.24. The molecule has 0 spiro atoms. The summed E-state index contributed by atoms with van der Waals surface area (Å²) in [5, 5.41) is 2.45. The number of pyridine rings is 1. The Morgan fingerprint density at radius 3 is 2.57 bits per heavy atom. The quantitative estimate of drug-likeness (QED) is 0.331. The minimum atomic E-state index is 0.863. The average Bonchev–Trinajstić information content (AvgIpc) is 2.71. The number of nitrogens with zero attached hydrogens (tertiary/aromatic N) is 1. The van der Waals surface area contributed by atoms with Crippen molar-refractivity contribution in [1.82, 2.24) is 4.98 Å². The maximum absolute atomic E-state index is 6.50. The highest BCUT2D eigenvalue weighted by atomic mass is 16.5. The van der Waals surface area contributed by atoms with Crippen LogP contribution in [0.3, 0.4) is 0 Å². The second kappa shape index (κ2) is 6.20. The van der Waals surface area contributed by atoms with Gasteiger partial charge in [0.1, 0.15) is 11.4 Å². The van der Waals surface area contributed by atoms with Crippen molar-refractivity contribution in [3.63, 3.8) is 0 Å². The predicted molar refractivity (Wildman–Crippen MR) is 116 cm³/mol. The molecule has 1 aliphatic rings. The van der Waals surface area contributed by atoms with Gasteiger partial charge in [-0.25, -0.2) is 0 Å². The maximum atomic E-state index is 6.50. The van der Waals surface area contributed by atoms with Gasteiger partial charge in [-0.1, -0.05) is 42.8 Å². The molecule has 0 atom stereocenters. The molecule has 138 valence electrons. The standard InChI is InChI=1S/C26H23NO/c1-5-18-13-15(2)14-22(17(18)4)25-26-21(11-12-27-25)20-8-6-7-19-16(3)9-10-23(28-26)24(19)20/h6-14H,5H2,1-4H3. The smallest absolute Gasteiger partial charge is 0.161 e. The van der Waals surface area contributed by atoms with Gasteiger partial charge in [-0.05, 0) is 73.0 Å². The molecule has 0 fully saturated rings. The third-order valence-electron chi connectivity index (χ3n) is 5.92. The van der Waals surface area contributed by atoms with Gasteiger partial charge in [0.15, 0.2) is 5.75 Å². The molecule has 0 radical (unpaired) electrons. The van der Waals surface area contributed by atoms with Crippen molar-refractivity contribution in [2.45, 2.75) is 34.1 Å². The van der Waals surface area contributed by atoms with Gasteiger partial charge in [0.2, 0.25) is 0 Å². The fourth-order valence-corrected chi connectivity index (χ4v) is 4.44. The summed E-state index contributed by atoms with van der Waals surface area (Å²) in [6.07, 6.45) is 2.92. The van der Waals surface area contributed by atoms with Crippen LogP contribution in [-0.4, -0.2) is 4.98 Å². The highest BCUT2D eigenvalue weighted by Crippen LogP contribution is 2.50. The fraction of sp³-hybridized carbons (Fsp3) is 0.192. The molecule has 2 heteroatoms. The third-order valence-corrected chi connectivity index (χ3v) is 5.92. The Balaban J connectivity index is 1.83. The molecular weight excluding hydrogens is 342 g/mol. The summed E-state index contributed by atoms with van der Waals surface area (Å²) in [6, 6.07) is 17.3. The Labute approximate surface area is 165 Å². The highest BCUT2D eigenvalue weighted by Gasteiger charge is 2.25. The lowest BCUT2D eigenvalue weighted by Crippen LogP contribution is -2.02. The zero-order valence-electron chi connectivity index (χ0n) is 16.8. The zero-order valence-corrected chi connectivity index (χ0v) is 16.8. The minimum absolute atomic E-state index is 0.863. The molecule has 0 bridgehead atoms. The van der Waals surface area contributed by atoms with E-state index in [1.54, 1.807) is 0 Å². The van der Waals surface area contributed by atoms with Crippen LogP contribution in [0.4, 0.5) is 0 Å². The van der Waals surface area contributed by atoms with Crippen molar-refractivity contribution in [2.24, 2.45) is 0 Å². The van der Waals surface area contributed by atoms with Crippen molar-refractivity contribution in [3.05, 3.63) is 77.0 Å². The first-order chi connectivity index (χ1) is 13.6. The molecule has 0 saturated heterocycles. The van der Waals surface area contributed by atoms with Crippen LogP contribution in [0.1, 0.15) is 29.2 Å². The molecule has 0 aliphatic carbocycles. The topological polar surface area (TPSA) is 22.1 Å². The third kappa shape index (κ3) is 2.37. The molecule has 2 heterocycles. The monoisotopic (exact) mass is 365 g/mol. The van der Waals surface area contributed by atoms with E-state index in [9.17, 15) is 0 Å². The molecule has 5 rings (SSSR count). The normalized spacial score (nSPS) is 12.0. The molecule has 1 aromatic heterocycles. The van der Waals surface area contributed by atoms with Crippen molar-refractivity contribution in [2.75, 3.05) is 0 Å². The molecule has 3 aromatic carbocycles. The second-order valence-electron chi connectivity index (χ2n) is 7.70. The van der Waals surface area contributed by atoms with E-state index in [1.807, 2.05) is 6.20 Å². The lowest BCUT2D eigenvalue weighted by atomic mass is 9.90. The van der Waals surface area contributed by atoms with Crippen LogP contribution in [-0.2, 0) is 6.42 Å². The molecule has 28 heavy (non-hydrogen) atoms. The number of rotatable bonds is 2. The first-order valence-electron chi connectivity index (χ1n) is 9.88. The molecule has 0 unspecified atom stereocenters. The predicted octanol–water partition coefficient (Wildman–Crippen LogP) is 7.16. The summed E-state index contributed by atoms with van der Waals surface area (Å²) in [4.78, 5) is 4.77. The van der Waals surface area contributed by atoms with Crippen LogP contribution in [0.5, 0.6) is 11.5 Å². The van der Waals surface area contributed by atoms with E-state index in [2.05, 4.69) is 76.2 Å². The molecular formula is C26H23NO. The SMILES string of the molecule is CCc1cc(C)cc(-c2nccc3c2Oc2ccc(C)c4cccc-3c24)c1C. The zero-order chi connectivity index (χ0) is 19.4. The van der Waals surface area contributed by atoms with Gasteiger partial charge >= 0.3 is 0 Å². The molecule has 0 N–H and O–H groups in total. The Morgan fingerprint density at radius 2 is 1.75 bits per heavy atom. The first kappa shape index (κ1) is 17.0. The number of benzene rings is 3. The van der Waals surface area contributed by atoms with Crippen LogP contribution >= 0.6 is 0 Å². The van der Waals surface area contributed by atoms with Gasteiger partial charge < -0.3 is 4.74 Å². The number of aryl methyl sites for hydroxylation is 3. The molecule has 2 nitrogen and oxygen atoms in total. The van der Waals surface area contributed by atoms with Gasteiger partial charge in [-0.3, -0.25) is 4.98 Å². The number of aromatic nitrogens is 1. The molecule has 0 saturated carbocycles. The van der Waals surface area contributed by atoms with Crippen molar-refractivity contribution >= 4 is 10.8 Å². The largest absolute Gasteiger partial charge is 0.454 e. The van der Waals surface area contributed by atoms with Crippen LogP contribution in [0, 0.1) is 20.8 Å². The summed E-state index contributed by atoms with van der Waals surface area (Å²) in [6.45, 7) is 8.70. The summed E-state index contributed by atoms with van der Waals surface area (Å²) in [5.41, 5.74) is 9.60. The minimum Gasteiger partial charge on any atom is -0.454 e. The Kier molecular flexibility index (Phi) is 3.77. The van der Waals surface area contributed by atoms with E-state index in [0.29, 0.717) is 0 Å². The van der Waals surface area contributed by atoms with E-state index >= 15 is 0 Å². The van der Waals surface area contributed by atoms with Crippen molar-refractivity contribution < 1.29 is 4.74 Å². The number of fused-ring (bicyclic) bond motifs is 2. The van der Waals surface area contributed by atoms with Gasteiger partial charge in [0.05, 0.1) is 0 Å². The first-order valence-corrected chi connectivity index (χ1v) is 9.88. The van der Waals surface area contributed by atoms with Crippen LogP contribution < -0.4 is 4.74 Å². The molecule has 0 amide bonds. The number of hydrogen-bond donors (Lipinski definition) is 0.